The lowest BCUT2D eigenvalue weighted by molar-refractivity contribution is 0.0635. The number of amides is 1. The molecule has 0 saturated carbocycles. The molecule has 0 atom stereocenters. The van der Waals surface area contributed by atoms with Gasteiger partial charge in [0.15, 0.2) is 0 Å². The number of carbonyl (C=O) groups is 1. The van der Waals surface area contributed by atoms with E-state index >= 15 is 0 Å². The van der Waals surface area contributed by atoms with Gasteiger partial charge in [-0.3, -0.25) is 5.32 Å². The zero-order valence-electron chi connectivity index (χ0n) is 10.8. The van der Waals surface area contributed by atoms with Crippen LogP contribution < -0.4 is 10.5 Å². The van der Waals surface area contributed by atoms with Crippen LogP contribution in [-0.2, 0) is 14.8 Å². The van der Waals surface area contributed by atoms with Gasteiger partial charge < -0.3 is 9.84 Å². The minimum absolute atomic E-state index is 0.0965. The molecule has 0 saturated heterocycles. The summed E-state index contributed by atoms with van der Waals surface area (Å²) in [5.74, 6) is -0.293. The van der Waals surface area contributed by atoms with Crippen LogP contribution in [0.5, 0.6) is 5.75 Å². The molecule has 7 nitrogen and oxygen atoms in total. The highest BCUT2D eigenvalue weighted by Gasteiger charge is 2.18. The molecule has 0 aliphatic carbocycles. The van der Waals surface area contributed by atoms with E-state index in [9.17, 15) is 18.3 Å². The highest BCUT2D eigenvalue weighted by Crippen LogP contribution is 2.26. The Hall–Kier alpha value is -1.80. The third-order valence-corrected chi connectivity index (χ3v) is 2.84. The lowest BCUT2D eigenvalue weighted by atomic mass is 10.2. The Labute approximate surface area is 111 Å². The number of ether oxygens (including phenoxy) is 1. The van der Waals surface area contributed by atoms with E-state index in [1.165, 1.54) is 0 Å². The standard InChI is InChI=1S/C11H16N2O5S/c1-11(2,3)18-10(15)13-8-6-7(19(12,16)17)4-5-9(8)14/h4-6,14H,1-3H3,(H,13,15)(H2,12,16,17). The van der Waals surface area contributed by atoms with Gasteiger partial charge in [0.25, 0.3) is 0 Å². The summed E-state index contributed by atoms with van der Waals surface area (Å²) in [5.41, 5.74) is -0.808. The fourth-order valence-electron chi connectivity index (χ4n) is 1.21. The Kier molecular flexibility index (Phi) is 4.06. The fraction of sp³-hybridized carbons (Fsp3) is 0.364. The minimum atomic E-state index is -3.92. The second-order valence-electron chi connectivity index (χ2n) is 4.85. The first-order valence-electron chi connectivity index (χ1n) is 5.35. The predicted octanol–water partition coefficient (Wildman–Crippen LogP) is 1.39. The lowest BCUT2D eigenvalue weighted by Gasteiger charge is -2.20. The molecule has 0 fully saturated rings. The van der Waals surface area contributed by atoms with E-state index in [2.05, 4.69) is 5.32 Å². The van der Waals surface area contributed by atoms with Crippen molar-refractivity contribution in [2.24, 2.45) is 5.14 Å². The monoisotopic (exact) mass is 288 g/mol. The average Bonchev–Trinajstić information content (AvgIpc) is 2.16. The van der Waals surface area contributed by atoms with E-state index < -0.39 is 21.7 Å². The number of anilines is 1. The SMILES string of the molecule is CC(C)(C)OC(=O)Nc1cc(S(N)(=O)=O)ccc1O. The van der Waals surface area contributed by atoms with Crippen molar-refractivity contribution in [1.82, 2.24) is 0 Å². The molecule has 8 heteroatoms. The first-order chi connectivity index (χ1) is 8.49. The molecule has 1 rings (SSSR count). The van der Waals surface area contributed by atoms with E-state index in [1.54, 1.807) is 20.8 Å². The van der Waals surface area contributed by atoms with Crippen molar-refractivity contribution < 1.29 is 23.1 Å². The predicted molar refractivity (Wildman–Crippen MR) is 69.3 cm³/mol. The number of nitrogens with one attached hydrogen (secondary N) is 1. The molecule has 0 spiro atoms. The maximum atomic E-state index is 11.5. The van der Waals surface area contributed by atoms with Gasteiger partial charge in [-0.25, -0.2) is 18.4 Å². The van der Waals surface area contributed by atoms with Gasteiger partial charge in [-0.2, -0.15) is 0 Å². The summed E-state index contributed by atoms with van der Waals surface area (Å²) in [4.78, 5) is 11.3. The summed E-state index contributed by atoms with van der Waals surface area (Å²) in [6.45, 7) is 5.02. The number of phenolic OH excluding ortho intramolecular Hbond substituents is 1. The molecule has 0 aromatic heterocycles. The van der Waals surface area contributed by atoms with Crippen LogP contribution in [-0.4, -0.2) is 25.2 Å². The van der Waals surface area contributed by atoms with Crippen molar-refractivity contribution in [2.45, 2.75) is 31.3 Å². The summed E-state index contributed by atoms with van der Waals surface area (Å²) >= 11 is 0. The van der Waals surface area contributed by atoms with E-state index in [1.807, 2.05) is 0 Å². The number of nitrogens with two attached hydrogens (primary N) is 1. The summed E-state index contributed by atoms with van der Waals surface area (Å²) in [5, 5.41) is 16.7. The number of hydrogen-bond acceptors (Lipinski definition) is 5. The van der Waals surface area contributed by atoms with Crippen LogP contribution in [0.2, 0.25) is 0 Å². The second kappa shape index (κ2) is 5.06. The molecular formula is C11H16N2O5S. The molecule has 4 N–H and O–H groups in total. The summed E-state index contributed by atoms with van der Waals surface area (Å²) in [7, 11) is -3.92. The number of rotatable bonds is 2. The van der Waals surface area contributed by atoms with Crippen LogP contribution in [0.3, 0.4) is 0 Å². The van der Waals surface area contributed by atoms with Crippen LogP contribution in [0.15, 0.2) is 23.1 Å². The Morgan fingerprint density at radius 3 is 2.42 bits per heavy atom. The Morgan fingerprint density at radius 2 is 1.95 bits per heavy atom. The Balaban J connectivity index is 2.99. The van der Waals surface area contributed by atoms with Gasteiger partial charge in [0.1, 0.15) is 11.4 Å². The molecule has 1 amide bonds. The molecule has 0 aliphatic heterocycles. The van der Waals surface area contributed by atoms with Crippen LogP contribution in [0.1, 0.15) is 20.8 Å². The number of primary sulfonamides is 1. The molecule has 0 aliphatic rings. The van der Waals surface area contributed by atoms with Crippen LogP contribution in [0.4, 0.5) is 10.5 Å². The van der Waals surface area contributed by atoms with Gasteiger partial charge in [0, 0.05) is 0 Å². The number of phenols is 1. The van der Waals surface area contributed by atoms with Crippen molar-refractivity contribution in [1.29, 1.82) is 0 Å². The van der Waals surface area contributed by atoms with Crippen molar-refractivity contribution >= 4 is 21.8 Å². The summed E-state index contributed by atoms with van der Waals surface area (Å²) < 4.78 is 27.3. The van der Waals surface area contributed by atoms with Crippen molar-refractivity contribution in [3.8, 4) is 5.75 Å². The molecule has 0 heterocycles. The normalized spacial score (nSPS) is 12.0. The quantitative estimate of drug-likeness (QED) is 0.710. The Bertz CT molecular complexity index is 590. The molecule has 1 aromatic carbocycles. The molecule has 19 heavy (non-hydrogen) atoms. The lowest BCUT2D eigenvalue weighted by Crippen LogP contribution is -2.27. The van der Waals surface area contributed by atoms with Crippen molar-refractivity contribution in [3.05, 3.63) is 18.2 Å². The number of benzene rings is 1. The van der Waals surface area contributed by atoms with Gasteiger partial charge in [-0.1, -0.05) is 0 Å². The smallest absolute Gasteiger partial charge is 0.412 e. The molecule has 0 unspecified atom stereocenters. The number of carbonyl (C=O) groups excluding carboxylic acids is 1. The van der Waals surface area contributed by atoms with E-state index in [0.717, 1.165) is 18.2 Å². The number of aromatic hydroxyl groups is 1. The van der Waals surface area contributed by atoms with Crippen LogP contribution >= 0.6 is 0 Å². The van der Waals surface area contributed by atoms with Crippen molar-refractivity contribution in [3.63, 3.8) is 0 Å². The molecule has 0 radical (unpaired) electrons. The van der Waals surface area contributed by atoms with Gasteiger partial charge in [0.05, 0.1) is 10.6 Å². The highest BCUT2D eigenvalue weighted by molar-refractivity contribution is 7.89. The molecule has 0 bridgehead atoms. The van der Waals surface area contributed by atoms with Gasteiger partial charge in [0.2, 0.25) is 10.0 Å². The molecule has 1 aromatic rings. The van der Waals surface area contributed by atoms with Gasteiger partial charge >= 0.3 is 6.09 Å². The zero-order chi connectivity index (χ0) is 14.8. The zero-order valence-corrected chi connectivity index (χ0v) is 11.6. The maximum absolute atomic E-state index is 11.5. The van der Waals surface area contributed by atoms with E-state index in [0.29, 0.717) is 0 Å². The third-order valence-electron chi connectivity index (χ3n) is 1.93. The topological polar surface area (TPSA) is 119 Å². The maximum Gasteiger partial charge on any atom is 0.412 e. The first-order valence-corrected chi connectivity index (χ1v) is 6.89. The average molecular weight is 288 g/mol. The number of hydrogen-bond donors (Lipinski definition) is 3. The van der Waals surface area contributed by atoms with E-state index in [-0.39, 0.29) is 16.3 Å². The van der Waals surface area contributed by atoms with Crippen molar-refractivity contribution in [2.75, 3.05) is 5.32 Å². The molecular weight excluding hydrogens is 272 g/mol. The first kappa shape index (κ1) is 15.3. The molecule has 106 valence electrons. The summed E-state index contributed by atoms with van der Waals surface area (Å²) in [6.07, 6.45) is -0.811. The third kappa shape index (κ3) is 4.76. The van der Waals surface area contributed by atoms with Gasteiger partial charge in [-0.05, 0) is 39.0 Å². The largest absolute Gasteiger partial charge is 0.506 e. The highest BCUT2D eigenvalue weighted by atomic mass is 32.2. The second-order valence-corrected chi connectivity index (χ2v) is 6.41. The van der Waals surface area contributed by atoms with Crippen LogP contribution in [0.25, 0.3) is 0 Å². The van der Waals surface area contributed by atoms with Gasteiger partial charge in [-0.15, -0.1) is 0 Å². The van der Waals surface area contributed by atoms with E-state index in [4.69, 9.17) is 9.88 Å². The summed E-state index contributed by atoms with van der Waals surface area (Å²) in [6, 6.07) is 3.30. The number of sulfonamides is 1. The minimum Gasteiger partial charge on any atom is -0.506 e. The van der Waals surface area contributed by atoms with Crippen LogP contribution in [0, 0.1) is 0 Å². The Morgan fingerprint density at radius 1 is 1.37 bits per heavy atom. The fourth-order valence-corrected chi connectivity index (χ4v) is 1.75.